The second-order valence-electron chi connectivity index (χ2n) is 6.56. The minimum absolute atomic E-state index is 0. The van der Waals surface area contributed by atoms with Crippen molar-refractivity contribution in [2.75, 3.05) is 38.2 Å². The molecule has 0 spiro atoms. The smallest absolute Gasteiger partial charge is 0.255 e. The van der Waals surface area contributed by atoms with E-state index in [1.54, 1.807) is 13.3 Å². The Morgan fingerprint density at radius 3 is 2.55 bits per heavy atom. The van der Waals surface area contributed by atoms with Crippen LogP contribution in [0.5, 0.6) is 5.75 Å². The van der Waals surface area contributed by atoms with Gasteiger partial charge in [0.2, 0.25) is 5.95 Å². The standard InChI is InChI=1S/C21H21IN4O2.ClH/c1-28-17-6-4-5-16(15-17)26-10-9-23-21(26)25-13-11-24(12-14-25)20(27)18-7-2-3-8-19(18)22;/h2-10,15H,11-14H2,1H3;1H. The Morgan fingerprint density at radius 1 is 1.07 bits per heavy atom. The summed E-state index contributed by atoms with van der Waals surface area (Å²) in [6, 6.07) is 15.6. The van der Waals surface area contributed by atoms with Crippen LogP contribution in [0.4, 0.5) is 5.95 Å². The topological polar surface area (TPSA) is 50.6 Å². The van der Waals surface area contributed by atoms with Crippen LogP contribution < -0.4 is 9.64 Å². The van der Waals surface area contributed by atoms with E-state index in [0.717, 1.165) is 39.6 Å². The maximum Gasteiger partial charge on any atom is 0.255 e. The van der Waals surface area contributed by atoms with Crippen LogP contribution in [0.1, 0.15) is 10.4 Å². The van der Waals surface area contributed by atoms with E-state index in [1.807, 2.05) is 59.6 Å². The number of hydrogen-bond donors (Lipinski definition) is 0. The second-order valence-corrected chi connectivity index (χ2v) is 7.72. The summed E-state index contributed by atoms with van der Waals surface area (Å²) in [6.07, 6.45) is 3.76. The molecule has 0 radical (unpaired) electrons. The minimum atomic E-state index is 0. The summed E-state index contributed by atoms with van der Waals surface area (Å²) in [6.45, 7) is 2.84. The molecule has 2 aromatic carbocycles. The van der Waals surface area contributed by atoms with Crippen molar-refractivity contribution in [2.24, 2.45) is 0 Å². The number of aromatic nitrogens is 2. The number of ether oxygens (including phenoxy) is 1. The van der Waals surface area contributed by atoms with Crippen LogP contribution in [0.2, 0.25) is 0 Å². The Balaban J connectivity index is 0.00000240. The molecule has 29 heavy (non-hydrogen) atoms. The van der Waals surface area contributed by atoms with Gasteiger partial charge >= 0.3 is 0 Å². The number of hydrogen-bond acceptors (Lipinski definition) is 4. The largest absolute Gasteiger partial charge is 0.497 e. The first-order valence-corrected chi connectivity index (χ1v) is 10.2. The third-order valence-corrected chi connectivity index (χ3v) is 5.85. The molecule has 2 heterocycles. The molecule has 1 aliphatic rings. The summed E-state index contributed by atoms with van der Waals surface area (Å²) in [7, 11) is 1.66. The molecule has 1 saturated heterocycles. The van der Waals surface area contributed by atoms with Gasteiger partial charge in [-0.1, -0.05) is 18.2 Å². The minimum Gasteiger partial charge on any atom is -0.497 e. The number of rotatable bonds is 4. The van der Waals surface area contributed by atoms with E-state index in [2.05, 4.69) is 37.0 Å². The lowest BCUT2D eigenvalue weighted by Gasteiger charge is -2.35. The number of amides is 1. The van der Waals surface area contributed by atoms with Crippen molar-refractivity contribution >= 4 is 46.9 Å². The van der Waals surface area contributed by atoms with Gasteiger partial charge in [-0.15, -0.1) is 12.4 Å². The van der Waals surface area contributed by atoms with Gasteiger partial charge in [-0.2, -0.15) is 0 Å². The molecule has 0 atom stereocenters. The highest BCUT2D eigenvalue weighted by molar-refractivity contribution is 14.1. The van der Waals surface area contributed by atoms with Crippen LogP contribution in [0.25, 0.3) is 5.69 Å². The molecule has 1 aliphatic heterocycles. The van der Waals surface area contributed by atoms with Gasteiger partial charge in [0.15, 0.2) is 0 Å². The number of anilines is 1. The van der Waals surface area contributed by atoms with Crippen LogP contribution in [0.15, 0.2) is 60.9 Å². The Labute approximate surface area is 190 Å². The van der Waals surface area contributed by atoms with Gasteiger partial charge in [0.05, 0.1) is 18.4 Å². The molecule has 3 aromatic rings. The Hall–Kier alpha value is -2.26. The average molecular weight is 525 g/mol. The number of carbonyl (C=O) groups excluding carboxylic acids is 1. The normalized spacial score (nSPS) is 13.7. The van der Waals surface area contributed by atoms with Gasteiger partial charge in [-0.25, -0.2) is 4.98 Å². The van der Waals surface area contributed by atoms with Gasteiger partial charge in [-0.3, -0.25) is 9.36 Å². The van der Waals surface area contributed by atoms with Crippen LogP contribution in [0, 0.1) is 3.57 Å². The highest BCUT2D eigenvalue weighted by atomic mass is 127. The third kappa shape index (κ3) is 4.51. The molecule has 0 N–H and O–H groups in total. The zero-order valence-corrected chi connectivity index (χ0v) is 19.0. The fourth-order valence-corrected chi connectivity index (χ4v) is 4.02. The highest BCUT2D eigenvalue weighted by Crippen LogP contribution is 2.23. The van der Waals surface area contributed by atoms with Crippen LogP contribution >= 0.6 is 35.0 Å². The lowest BCUT2D eigenvalue weighted by molar-refractivity contribution is 0.0745. The number of halogens is 2. The van der Waals surface area contributed by atoms with E-state index >= 15 is 0 Å². The van der Waals surface area contributed by atoms with Gasteiger partial charge in [0.1, 0.15) is 5.75 Å². The second kappa shape index (κ2) is 9.49. The summed E-state index contributed by atoms with van der Waals surface area (Å²) >= 11 is 2.22. The van der Waals surface area contributed by atoms with Crippen molar-refractivity contribution in [2.45, 2.75) is 0 Å². The van der Waals surface area contributed by atoms with Crippen molar-refractivity contribution in [1.82, 2.24) is 14.5 Å². The molecule has 8 heteroatoms. The maximum absolute atomic E-state index is 12.8. The first-order valence-electron chi connectivity index (χ1n) is 9.14. The molecular formula is C21H22ClIN4O2. The van der Waals surface area contributed by atoms with Gasteiger partial charge in [0, 0.05) is 48.2 Å². The SMILES string of the molecule is COc1cccc(-n2ccnc2N2CCN(C(=O)c3ccccc3I)CC2)c1.Cl. The monoisotopic (exact) mass is 524 g/mol. The molecule has 1 fully saturated rings. The number of nitrogens with zero attached hydrogens (tertiary/aromatic N) is 4. The zero-order valence-electron chi connectivity index (χ0n) is 16.0. The fraction of sp³-hybridized carbons (Fsp3) is 0.238. The van der Waals surface area contributed by atoms with E-state index in [4.69, 9.17) is 4.74 Å². The molecule has 6 nitrogen and oxygen atoms in total. The molecule has 1 amide bonds. The number of piperazine rings is 1. The molecular weight excluding hydrogens is 503 g/mol. The van der Waals surface area contributed by atoms with Crippen molar-refractivity contribution in [3.8, 4) is 11.4 Å². The Bertz CT molecular complexity index is 986. The van der Waals surface area contributed by atoms with E-state index in [1.165, 1.54) is 0 Å². The average Bonchev–Trinajstić information content (AvgIpc) is 3.24. The molecule has 0 bridgehead atoms. The lowest BCUT2D eigenvalue weighted by Crippen LogP contribution is -2.49. The van der Waals surface area contributed by atoms with Gasteiger partial charge < -0.3 is 14.5 Å². The predicted octanol–water partition coefficient (Wildman–Crippen LogP) is 3.87. The number of benzene rings is 2. The third-order valence-electron chi connectivity index (χ3n) is 4.91. The summed E-state index contributed by atoms with van der Waals surface area (Å²) in [5.41, 5.74) is 1.78. The molecule has 1 aromatic heterocycles. The van der Waals surface area contributed by atoms with E-state index in [9.17, 15) is 4.79 Å². The maximum atomic E-state index is 12.8. The number of methoxy groups -OCH3 is 1. The number of imidazole rings is 1. The molecule has 0 saturated carbocycles. The van der Waals surface area contributed by atoms with Crippen LogP contribution in [0.3, 0.4) is 0 Å². The van der Waals surface area contributed by atoms with Gasteiger partial charge in [-0.05, 0) is 46.9 Å². The van der Waals surface area contributed by atoms with E-state index in [-0.39, 0.29) is 18.3 Å². The fourth-order valence-electron chi connectivity index (χ4n) is 3.41. The highest BCUT2D eigenvalue weighted by Gasteiger charge is 2.25. The summed E-state index contributed by atoms with van der Waals surface area (Å²) in [5.74, 6) is 1.79. The first-order chi connectivity index (χ1) is 13.7. The molecule has 0 unspecified atom stereocenters. The van der Waals surface area contributed by atoms with E-state index in [0.29, 0.717) is 13.1 Å². The van der Waals surface area contributed by atoms with Crippen LogP contribution in [-0.2, 0) is 0 Å². The van der Waals surface area contributed by atoms with Gasteiger partial charge in [0.25, 0.3) is 5.91 Å². The van der Waals surface area contributed by atoms with Crippen molar-refractivity contribution in [1.29, 1.82) is 0 Å². The lowest BCUT2D eigenvalue weighted by atomic mass is 10.2. The Kier molecular flexibility index (Phi) is 7.02. The van der Waals surface area contributed by atoms with Crippen molar-refractivity contribution in [3.63, 3.8) is 0 Å². The first kappa shape index (κ1) is 21.4. The predicted molar refractivity (Wildman–Crippen MR) is 125 cm³/mol. The summed E-state index contributed by atoms with van der Waals surface area (Å²) in [4.78, 5) is 21.5. The Morgan fingerprint density at radius 2 is 1.83 bits per heavy atom. The van der Waals surface area contributed by atoms with Crippen molar-refractivity contribution < 1.29 is 9.53 Å². The quantitative estimate of drug-likeness (QED) is 0.486. The molecule has 4 rings (SSSR count). The summed E-state index contributed by atoms with van der Waals surface area (Å²) in [5, 5.41) is 0. The molecule has 152 valence electrons. The zero-order chi connectivity index (χ0) is 19.5. The summed E-state index contributed by atoms with van der Waals surface area (Å²) < 4.78 is 8.38. The van der Waals surface area contributed by atoms with Crippen LogP contribution in [-0.4, -0.2) is 53.6 Å². The number of carbonyl (C=O) groups is 1. The van der Waals surface area contributed by atoms with Crippen molar-refractivity contribution in [3.05, 3.63) is 70.1 Å². The van der Waals surface area contributed by atoms with E-state index < -0.39 is 0 Å². The molecule has 0 aliphatic carbocycles.